The van der Waals surface area contributed by atoms with Crippen molar-refractivity contribution < 1.29 is 20.1 Å². The summed E-state index contributed by atoms with van der Waals surface area (Å²) in [6.45, 7) is 3.78. The highest BCUT2D eigenvalue weighted by Crippen LogP contribution is 2.28. The number of allylic oxidation sites excluding steroid dienone is 1. The number of hydrogen-bond donors (Lipinski definition) is 3. The Morgan fingerprint density at radius 2 is 1.39 bits per heavy atom. The summed E-state index contributed by atoms with van der Waals surface area (Å²) in [5.41, 5.74) is 0.793. The molecule has 0 amide bonds. The van der Waals surface area contributed by atoms with E-state index < -0.39 is 18.3 Å². The summed E-state index contributed by atoms with van der Waals surface area (Å²) in [4.78, 5) is 0. The molecule has 0 unspecified atom stereocenters. The smallest absolute Gasteiger partial charge is 0.150 e. The van der Waals surface area contributed by atoms with Gasteiger partial charge in [-0.25, -0.2) is 0 Å². The quantitative estimate of drug-likeness (QED) is 0.478. The molecule has 0 aromatic heterocycles. The summed E-state index contributed by atoms with van der Waals surface area (Å²) >= 11 is 0. The van der Waals surface area contributed by atoms with Crippen LogP contribution in [0.2, 0.25) is 0 Å². The predicted octanol–water partition coefficient (Wildman–Crippen LogP) is 3.68. The molecule has 3 N–H and O–H groups in total. The second kappa shape index (κ2) is 11.9. The van der Waals surface area contributed by atoms with Crippen LogP contribution in [0.4, 0.5) is 0 Å². The van der Waals surface area contributed by atoms with Crippen molar-refractivity contribution >= 4 is 0 Å². The van der Waals surface area contributed by atoms with Crippen molar-refractivity contribution in [3.05, 3.63) is 11.3 Å². The molecule has 23 heavy (non-hydrogen) atoms. The average Bonchev–Trinajstić information content (AvgIpc) is 2.55. The molecule has 0 aromatic carbocycles. The van der Waals surface area contributed by atoms with E-state index >= 15 is 0 Å². The lowest BCUT2D eigenvalue weighted by atomic mass is 9.92. The first-order valence-corrected chi connectivity index (χ1v) is 9.45. The van der Waals surface area contributed by atoms with E-state index in [1.165, 1.54) is 51.4 Å². The van der Waals surface area contributed by atoms with E-state index in [4.69, 9.17) is 9.84 Å². The predicted molar refractivity (Wildman–Crippen MR) is 93.1 cm³/mol. The Hall–Kier alpha value is -0.580. The first-order valence-electron chi connectivity index (χ1n) is 9.45. The van der Waals surface area contributed by atoms with Crippen LogP contribution in [0, 0.1) is 0 Å². The number of ether oxygens (including phenoxy) is 1. The lowest BCUT2D eigenvalue weighted by Crippen LogP contribution is -2.45. The third kappa shape index (κ3) is 7.23. The Morgan fingerprint density at radius 3 is 1.91 bits per heavy atom. The normalized spacial score (nSPS) is 24.8. The van der Waals surface area contributed by atoms with Crippen molar-refractivity contribution in [1.29, 1.82) is 0 Å². The standard InChI is InChI=1S/C19H36O4/c1-3-4-5-6-7-8-9-10-11-12-13-16-15(2)23-17(14-20)19(22)18(16)21/h17-22H,3-14H2,1-2H3/t17-,18-,19-/m1/s1. The molecule has 4 heteroatoms. The average molecular weight is 328 g/mol. The number of unbranched alkanes of at least 4 members (excludes halogenated alkanes) is 9. The van der Waals surface area contributed by atoms with E-state index in [2.05, 4.69) is 6.92 Å². The lowest BCUT2D eigenvalue weighted by Gasteiger charge is -2.34. The minimum absolute atomic E-state index is 0.277. The summed E-state index contributed by atoms with van der Waals surface area (Å²) in [6.07, 6.45) is 10.9. The SMILES string of the molecule is CCCCCCCCCCCCC1=C(C)O[C@H](CO)[C@@H](O)[C@@H]1O. The molecular formula is C19H36O4. The molecule has 0 saturated heterocycles. The van der Waals surface area contributed by atoms with Gasteiger partial charge in [0.05, 0.1) is 12.4 Å². The highest BCUT2D eigenvalue weighted by Gasteiger charge is 2.35. The summed E-state index contributed by atoms with van der Waals surface area (Å²) in [5.74, 6) is 0.665. The van der Waals surface area contributed by atoms with Gasteiger partial charge in [-0.2, -0.15) is 0 Å². The fraction of sp³-hybridized carbons (Fsp3) is 0.895. The number of hydrogen-bond acceptors (Lipinski definition) is 4. The largest absolute Gasteiger partial charge is 0.490 e. The zero-order valence-electron chi connectivity index (χ0n) is 15.0. The van der Waals surface area contributed by atoms with Crippen molar-refractivity contribution in [3.8, 4) is 0 Å². The van der Waals surface area contributed by atoms with Crippen LogP contribution < -0.4 is 0 Å². The molecule has 0 fully saturated rings. The molecule has 0 spiro atoms. The van der Waals surface area contributed by atoms with Gasteiger partial charge in [0, 0.05) is 0 Å². The minimum atomic E-state index is -1.03. The van der Waals surface area contributed by atoms with E-state index in [0.717, 1.165) is 24.8 Å². The van der Waals surface area contributed by atoms with E-state index in [9.17, 15) is 10.2 Å². The van der Waals surface area contributed by atoms with Crippen LogP contribution in [0.25, 0.3) is 0 Å². The highest BCUT2D eigenvalue weighted by molar-refractivity contribution is 5.18. The molecule has 0 aromatic rings. The molecule has 1 aliphatic heterocycles. The van der Waals surface area contributed by atoms with Crippen molar-refractivity contribution in [1.82, 2.24) is 0 Å². The Labute approximate surface area is 141 Å². The van der Waals surface area contributed by atoms with E-state index in [1.807, 2.05) is 6.92 Å². The molecule has 1 aliphatic rings. The molecule has 4 nitrogen and oxygen atoms in total. The summed E-state index contributed by atoms with van der Waals surface area (Å²) in [6, 6.07) is 0. The zero-order valence-corrected chi connectivity index (χ0v) is 15.0. The van der Waals surface area contributed by atoms with Crippen LogP contribution in [0.1, 0.15) is 84.5 Å². The van der Waals surface area contributed by atoms with Crippen LogP contribution in [0.3, 0.4) is 0 Å². The number of rotatable bonds is 12. The van der Waals surface area contributed by atoms with Crippen molar-refractivity contribution in [2.75, 3.05) is 6.61 Å². The summed E-state index contributed by atoms with van der Waals surface area (Å²) < 4.78 is 5.49. The lowest BCUT2D eigenvalue weighted by molar-refractivity contribution is -0.0972. The first-order chi connectivity index (χ1) is 11.1. The van der Waals surface area contributed by atoms with E-state index in [0.29, 0.717) is 5.76 Å². The molecule has 0 saturated carbocycles. The molecule has 136 valence electrons. The maximum absolute atomic E-state index is 10.2. The van der Waals surface area contributed by atoms with Crippen molar-refractivity contribution in [3.63, 3.8) is 0 Å². The van der Waals surface area contributed by atoms with Gasteiger partial charge in [0.1, 0.15) is 18.3 Å². The maximum atomic E-state index is 10.2. The molecule has 0 bridgehead atoms. The Balaban J connectivity index is 2.13. The van der Waals surface area contributed by atoms with E-state index in [1.54, 1.807) is 0 Å². The van der Waals surface area contributed by atoms with Crippen LogP contribution in [-0.2, 0) is 4.74 Å². The maximum Gasteiger partial charge on any atom is 0.150 e. The van der Waals surface area contributed by atoms with Crippen molar-refractivity contribution in [2.24, 2.45) is 0 Å². The summed E-state index contributed by atoms with van der Waals surface area (Å²) in [5, 5.41) is 29.2. The van der Waals surface area contributed by atoms with Gasteiger partial charge < -0.3 is 20.1 Å². The molecule has 1 heterocycles. The summed E-state index contributed by atoms with van der Waals surface area (Å²) in [7, 11) is 0. The van der Waals surface area contributed by atoms with Gasteiger partial charge in [-0.3, -0.25) is 0 Å². The molecule has 0 radical (unpaired) electrons. The van der Waals surface area contributed by atoms with Gasteiger partial charge in [0.15, 0.2) is 0 Å². The fourth-order valence-corrected chi connectivity index (χ4v) is 3.26. The molecular weight excluding hydrogens is 292 g/mol. The monoisotopic (exact) mass is 328 g/mol. The molecule has 1 rings (SSSR count). The molecule has 0 aliphatic carbocycles. The van der Waals surface area contributed by atoms with Gasteiger partial charge >= 0.3 is 0 Å². The van der Waals surface area contributed by atoms with Crippen LogP contribution in [-0.4, -0.2) is 40.2 Å². The number of aliphatic hydroxyl groups excluding tert-OH is 3. The second-order valence-corrected chi connectivity index (χ2v) is 6.79. The zero-order chi connectivity index (χ0) is 17.1. The Morgan fingerprint density at radius 1 is 0.870 bits per heavy atom. The molecule has 3 atom stereocenters. The Kier molecular flexibility index (Phi) is 10.6. The van der Waals surface area contributed by atoms with Gasteiger partial charge in [0.25, 0.3) is 0 Å². The van der Waals surface area contributed by atoms with E-state index in [-0.39, 0.29) is 6.61 Å². The third-order valence-electron chi connectivity index (χ3n) is 4.82. The van der Waals surface area contributed by atoms with Crippen LogP contribution in [0.15, 0.2) is 11.3 Å². The third-order valence-corrected chi connectivity index (χ3v) is 4.82. The number of aliphatic hydroxyl groups is 3. The fourth-order valence-electron chi connectivity index (χ4n) is 3.26. The van der Waals surface area contributed by atoms with Crippen LogP contribution >= 0.6 is 0 Å². The van der Waals surface area contributed by atoms with Gasteiger partial charge in [0.2, 0.25) is 0 Å². The topological polar surface area (TPSA) is 69.9 Å². The van der Waals surface area contributed by atoms with Gasteiger partial charge in [-0.1, -0.05) is 64.7 Å². The Bertz CT molecular complexity index is 340. The van der Waals surface area contributed by atoms with Gasteiger partial charge in [-0.05, 0) is 25.3 Å². The highest BCUT2D eigenvalue weighted by atomic mass is 16.5. The van der Waals surface area contributed by atoms with Crippen LogP contribution in [0.5, 0.6) is 0 Å². The first kappa shape index (κ1) is 20.5. The van der Waals surface area contributed by atoms with Crippen molar-refractivity contribution in [2.45, 2.75) is 103 Å². The second-order valence-electron chi connectivity index (χ2n) is 6.79. The minimum Gasteiger partial charge on any atom is -0.490 e. The van der Waals surface area contributed by atoms with Gasteiger partial charge in [-0.15, -0.1) is 0 Å².